The monoisotopic (exact) mass is 348 g/mol. The second-order valence-corrected chi connectivity index (χ2v) is 7.90. The van der Waals surface area contributed by atoms with Gasteiger partial charge in [0.05, 0.1) is 5.41 Å². The number of carbonyl (C=O) groups is 1. The number of halogens is 1. The van der Waals surface area contributed by atoms with Crippen LogP contribution in [0, 0.1) is 5.92 Å². The number of carbonyl (C=O) groups excluding carboxylic acids is 1. The molecule has 132 valence electrons. The van der Waals surface area contributed by atoms with Gasteiger partial charge in [-0.25, -0.2) is 0 Å². The zero-order valence-corrected chi connectivity index (χ0v) is 15.4. The van der Waals surface area contributed by atoms with E-state index < -0.39 is 0 Å². The third-order valence-corrected chi connectivity index (χ3v) is 6.06. The molecule has 1 heterocycles. The number of hydrogen-bond acceptors (Lipinski definition) is 2. The van der Waals surface area contributed by atoms with E-state index in [0.29, 0.717) is 11.8 Å². The van der Waals surface area contributed by atoms with E-state index in [9.17, 15) is 4.79 Å². The Hall–Kier alpha value is -1.06. The van der Waals surface area contributed by atoms with Crippen molar-refractivity contribution in [2.45, 2.75) is 50.4 Å². The Morgan fingerprint density at radius 2 is 1.92 bits per heavy atom. The molecule has 24 heavy (non-hydrogen) atoms. The predicted molar refractivity (Wildman–Crippen MR) is 99.4 cm³/mol. The second kappa shape index (κ2) is 7.88. The summed E-state index contributed by atoms with van der Waals surface area (Å²) in [6.07, 6.45) is 7.81. The van der Waals surface area contributed by atoms with Crippen molar-refractivity contribution in [3.63, 3.8) is 0 Å². The van der Waals surface area contributed by atoms with E-state index in [1.807, 2.05) is 19.2 Å². The Labute approximate surface area is 150 Å². The molecule has 0 radical (unpaired) electrons. The van der Waals surface area contributed by atoms with Crippen LogP contribution in [0.2, 0.25) is 5.02 Å². The second-order valence-electron chi connectivity index (χ2n) is 7.47. The van der Waals surface area contributed by atoms with Crippen molar-refractivity contribution in [1.29, 1.82) is 0 Å². The molecule has 1 N–H and O–H groups in total. The maximum absolute atomic E-state index is 13.6. The minimum absolute atomic E-state index is 0.329. The maximum Gasteiger partial charge on any atom is 0.233 e. The lowest BCUT2D eigenvalue weighted by Gasteiger charge is -2.43. The highest BCUT2D eigenvalue weighted by atomic mass is 35.5. The van der Waals surface area contributed by atoms with E-state index in [2.05, 4.69) is 22.3 Å². The van der Waals surface area contributed by atoms with Gasteiger partial charge in [0, 0.05) is 18.1 Å². The van der Waals surface area contributed by atoms with E-state index in [-0.39, 0.29) is 5.41 Å². The summed E-state index contributed by atoms with van der Waals surface area (Å²) < 4.78 is 0. The summed E-state index contributed by atoms with van der Waals surface area (Å²) in [4.78, 5) is 15.7. The van der Waals surface area contributed by atoms with Crippen molar-refractivity contribution in [3.8, 4) is 0 Å². The number of benzene rings is 1. The zero-order valence-electron chi connectivity index (χ0n) is 14.7. The van der Waals surface area contributed by atoms with Crippen LogP contribution in [0.1, 0.15) is 50.5 Å². The summed E-state index contributed by atoms with van der Waals surface area (Å²) in [5.41, 5.74) is 0.831. The molecule has 3 rings (SSSR count). The fourth-order valence-corrected chi connectivity index (χ4v) is 4.68. The van der Waals surface area contributed by atoms with Gasteiger partial charge in [0.1, 0.15) is 0 Å². The highest BCUT2D eigenvalue weighted by Gasteiger charge is 2.44. The quantitative estimate of drug-likeness (QED) is 0.892. The first kappa shape index (κ1) is 17.8. The van der Waals surface area contributed by atoms with Crippen LogP contribution in [0.25, 0.3) is 0 Å². The van der Waals surface area contributed by atoms with E-state index in [0.717, 1.165) is 62.3 Å². The van der Waals surface area contributed by atoms with Crippen molar-refractivity contribution in [3.05, 3.63) is 34.9 Å². The molecule has 1 saturated carbocycles. The Morgan fingerprint density at radius 1 is 1.21 bits per heavy atom. The first-order chi connectivity index (χ1) is 11.7. The Bertz CT molecular complexity index is 549. The lowest BCUT2D eigenvalue weighted by Crippen LogP contribution is -2.52. The Morgan fingerprint density at radius 3 is 2.58 bits per heavy atom. The van der Waals surface area contributed by atoms with E-state index >= 15 is 0 Å². The van der Waals surface area contributed by atoms with Crippen molar-refractivity contribution in [2.75, 3.05) is 26.7 Å². The Balaban J connectivity index is 1.85. The van der Waals surface area contributed by atoms with Crippen LogP contribution in [0.5, 0.6) is 0 Å². The SMILES string of the molecule is CNCC1CCCN(C(=O)C2(c3ccc(Cl)cc3)CCCCC2)C1. The van der Waals surface area contributed by atoms with Crippen LogP contribution in [-0.4, -0.2) is 37.5 Å². The molecule has 0 bridgehead atoms. The molecule has 1 saturated heterocycles. The van der Waals surface area contributed by atoms with Gasteiger partial charge in [-0.2, -0.15) is 0 Å². The molecule has 0 aromatic heterocycles. The lowest BCUT2D eigenvalue weighted by molar-refractivity contribution is -0.140. The van der Waals surface area contributed by atoms with Gasteiger partial charge in [-0.1, -0.05) is 43.0 Å². The van der Waals surface area contributed by atoms with Gasteiger partial charge >= 0.3 is 0 Å². The van der Waals surface area contributed by atoms with Gasteiger partial charge in [0.2, 0.25) is 5.91 Å². The smallest absolute Gasteiger partial charge is 0.233 e. The summed E-state index contributed by atoms with van der Waals surface area (Å²) >= 11 is 6.08. The predicted octanol–water partition coefficient (Wildman–Crippen LogP) is 4.00. The molecule has 0 spiro atoms. The molecule has 1 aliphatic carbocycles. The number of hydrogen-bond donors (Lipinski definition) is 1. The van der Waals surface area contributed by atoms with Gasteiger partial charge < -0.3 is 10.2 Å². The molecule has 3 nitrogen and oxygen atoms in total. The number of nitrogens with one attached hydrogen (secondary N) is 1. The van der Waals surface area contributed by atoms with Crippen LogP contribution < -0.4 is 5.32 Å². The van der Waals surface area contributed by atoms with Crippen LogP contribution in [0.4, 0.5) is 0 Å². The molecule has 1 atom stereocenters. The molecule has 2 aliphatic rings. The molecule has 1 aliphatic heterocycles. The fraction of sp³-hybridized carbons (Fsp3) is 0.650. The minimum atomic E-state index is -0.329. The van der Waals surface area contributed by atoms with Crippen molar-refractivity contribution >= 4 is 17.5 Å². The topological polar surface area (TPSA) is 32.3 Å². The molecule has 1 unspecified atom stereocenters. The lowest BCUT2D eigenvalue weighted by atomic mass is 9.68. The Kier molecular flexibility index (Phi) is 5.83. The summed E-state index contributed by atoms with van der Waals surface area (Å²) in [6.45, 7) is 2.81. The highest BCUT2D eigenvalue weighted by Crippen LogP contribution is 2.42. The molecular formula is C20H29ClN2O. The minimum Gasteiger partial charge on any atom is -0.342 e. The molecular weight excluding hydrogens is 320 g/mol. The van der Waals surface area contributed by atoms with Gasteiger partial charge in [-0.05, 0) is 62.9 Å². The summed E-state index contributed by atoms with van der Waals surface area (Å²) in [5, 5.41) is 4.01. The van der Waals surface area contributed by atoms with Crippen LogP contribution in [-0.2, 0) is 10.2 Å². The highest BCUT2D eigenvalue weighted by molar-refractivity contribution is 6.30. The summed E-state index contributed by atoms with van der Waals surface area (Å²) in [6, 6.07) is 8.00. The standard InChI is InChI=1S/C20H29ClN2O/c1-22-14-16-6-5-13-23(15-16)19(24)20(11-3-2-4-12-20)17-7-9-18(21)10-8-17/h7-10,16,22H,2-6,11-15H2,1H3. The summed E-state index contributed by atoms with van der Waals surface area (Å²) in [5.74, 6) is 0.934. The van der Waals surface area contributed by atoms with E-state index in [4.69, 9.17) is 11.6 Å². The number of amides is 1. The third-order valence-electron chi connectivity index (χ3n) is 5.81. The van der Waals surface area contributed by atoms with E-state index in [1.165, 1.54) is 12.8 Å². The number of nitrogens with zero attached hydrogens (tertiary/aromatic N) is 1. The molecule has 1 aromatic carbocycles. The van der Waals surface area contributed by atoms with Gasteiger partial charge in [0.15, 0.2) is 0 Å². The average molecular weight is 349 g/mol. The number of likely N-dealkylation sites (tertiary alicyclic amines) is 1. The normalized spacial score (nSPS) is 23.9. The van der Waals surface area contributed by atoms with Gasteiger partial charge in [-0.15, -0.1) is 0 Å². The average Bonchev–Trinajstić information content (AvgIpc) is 2.63. The fourth-order valence-electron chi connectivity index (χ4n) is 4.56. The number of rotatable bonds is 4. The van der Waals surface area contributed by atoms with Crippen LogP contribution in [0.3, 0.4) is 0 Å². The van der Waals surface area contributed by atoms with Gasteiger partial charge in [0.25, 0.3) is 0 Å². The molecule has 2 fully saturated rings. The van der Waals surface area contributed by atoms with Crippen molar-refractivity contribution < 1.29 is 4.79 Å². The van der Waals surface area contributed by atoms with Crippen molar-refractivity contribution in [2.24, 2.45) is 5.92 Å². The van der Waals surface area contributed by atoms with Crippen LogP contribution >= 0.6 is 11.6 Å². The van der Waals surface area contributed by atoms with E-state index in [1.54, 1.807) is 0 Å². The van der Waals surface area contributed by atoms with Crippen molar-refractivity contribution in [1.82, 2.24) is 10.2 Å². The molecule has 1 aromatic rings. The first-order valence-electron chi connectivity index (χ1n) is 9.36. The van der Waals surface area contributed by atoms with Gasteiger partial charge in [-0.3, -0.25) is 4.79 Å². The maximum atomic E-state index is 13.6. The molecule has 4 heteroatoms. The zero-order chi connectivity index (χ0) is 17.0. The molecule has 1 amide bonds. The van der Waals surface area contributed by atoms with Crippen LogP contribution in [0.15, 0.2) is 24.3 Å². The number of piperidine rings is 1. The third kappa shape index (κ3) is 3.62. The summed E-state index contributed by atoms with van der Waals surface area (Å²) in [7, 11) is 2.00. The first-order valence-corrected chi connectivity index (χ1v) is 9.73. The largest absolute Gasteiger partial charge is 0.342 e.